The maximum atomic E-state index is 12.5. The number of nitrogens with one attached hydrogen (secondary N) is 2. The lowest BCUT2D eigenvalue weighted by Crippen LogP contribution is -2.55. The SMILES string of the molecule is CC(I)[C@@H]1NCCCS(=O)(O)=C2CCCCC2NC1=O. The Hall–Kier alpha value is 0.140. The standard InChI is InChI=1S/C13H23IN2O3S/c1-9(14)12-13(17)16-10-5-2-3-6-11(10)20(18,19)8-4-7-15-12/h9-10,12,15H,2-8H2,1H3,(H,16,17)(H,18,19)/t9?,10?,12-/m0/s1. The van der Waals surface area contributed by atoms with E-state index in [1.165, 1.54) is 0 Å². The summed E-state index contributed by atoms with van der Waals surface area (Å²) in [6, 6.07) is -0.460. The maximum absolute atomic E-state index is 12.5. The molecular formula is C13H23IN2O3S. The van der Waals surface area contributed by atoms with Gasteiger partial charge in [0.15, 0.2) is 0 Å². The summed E-state index contributed by atoms with van der Waals surface area (Å²) in [5.74, 6) is 0.248. The van der Waals surface area contributed by atoms with Crippen LogP contribution in [0.25, 0.3) is 0 Å². The van der Waals surface area contributed by atoms with Crippen molar-refractivity contribution in [2.45, 2.75) is 55.0 Å². The van der Waals surface area contributed by atoms with Crippen LogP contribution in [0, 0.1) is 0 Å². The monoisotopic (exact) mass is 414 g/mol. The Morgan fingerprint density at radius 1 is 1.40 bits per heavy atom. The predicted octanol–water partition coefficient (Wildman–Crippen LogP) is 1.16. The highest BCUT2D eigenvalue weighted by Crippen LogP contribution is 2.20. The molecule has 20 heavy (non-hydrogen) atoms. The van der Waals surface area contributed by atoms with Crippen molar-refractivity contribution in [3.8, 4) is 0 Å². The molecule has 0 aromatic heterocycles. The second-order valence-electron chi connectivity index (χ2n) is 5.58. The first-order valence-corrected chi connectivity index (χ1v) is 10.1. The van der Waals surface area contributed by atoms with Gasteiger partial charge in [0.05, 0.1) is 21.9 Å². The van der Waals surface area contributed by atoms with Gasteiger partial charge in [-0.2, -0.15) is 0 Å². The second-order valence-corrected chi connectivity index (χ2v) is 9.76. The van der Waals surface area contributed by atoms with Crippen molar-refractivity contribution in [1.29, 1.82) is 0 Å². The zero-order chi connectivity index (χ0) is 14.8. The first kappa shape index (κ1) is 16.5. The van der Waals surface area contributed by atoms with Crippen molar-refractivity contribution in [3.05, 3.63) is 0 Å². The van der Waals surface area contributed by atoms with E-state index < -0.39 is 9.80 Å². The van der Waals surface area contributed by atoms with Gasteiger partial charge >= 0.3 is 0 Å². The normalized spacial score (nSPS) is 37.8. The molecule has 1 aliphatic heterocycles. The lowest BCUT2D eigenvalue weighted by molar-refractivity contribution is -0.123. The number of fused-ring (bicyclic) bond motifs is 1. The van der Waals surface area contributed by atoms with Gasteiger partial charge in [-0.05, 0) is 32.2 Å². The van der Waals surface area contributed by atoms with E-state index in [4.69, 9.17) is 0 Å². The molecule has 5 nitrogen and oxygen atoms in total. The van der Waals surface area contributed by atoms with E-state index in [1.54, 1.807) is 0 Å². The third kappa shape index (κ3) is 3.86. The van der Waals surface area contributed by atoms with Crippen LogP contribution in [0.15, 0.2) is 0 Å². The maximum Gasteiger partial charge on any atom is 0.238 e. The molecule has 3 N–H and O–H groups in total. The second kappa shape index (κ2) is 6.93. The van der Waals surface area contributed by atoms with Crippen LogP contribution in [0.3, 0.4) is 0 Å². The van der Waals surface area contributed by atoms with Gasteiger partial charge in [-0.3, -0.25) is 4.79 Å². The van der Waals surface area contributed by atoms with E-state index in [2.05, 4.69) is 33.2 Å². The van der Waals surface area contributed by atoms with Crippen molar-refractivity contribution in [3.63, 3.8) is 0 Å². The molecule has 4 atom stereocenters. The van der Waals surface area contributed by atoms with Gasteiger partial charge in [0.25, 0.3) is 0 Å². The molecule has 116 valence electrons. The molecule has 1 saturated carbocycles. The Bertz CT molecular complexity index is 486. The van der Waals surface area contributed by atoms with E-state index >= 15 is 0 Å². The smallest absolute Gasteiger partial charge is 0.238 e. The molecule has 0 saturated heterocycles. The third-order valence-corrected chi connectivity index (χ3v) is 6.85. The van der Waals surface area contributed by atoms with Gasteiger partial charge in [-0.25, -0.2) is 4.21 Å². The number of hydrogen-bond acceptors (Lipinski definition) is 3. The Kier molecular flexibility index (Phi) is 5.72. The minimum absolute atomic E-state index is 0.0478. The molecule has 2 aliphatic rings. The van der Waals surface area contributed by atoms with Crippen LogP contribution in [-0.2, 0) is 14.6 Å². The van der Waals surface area contributed by atoms with Gasteiger partial charge in [0.2, 0.25) is 5.91 Å². The van der Waals surface area contributed by atoms with Gasteiger partial charge in [-0.1, -0.05) is 35.9 Å². The molecule has 1 heterocycles. The van der Waals surface area contributed by atoms with E-state index in [0.29, 0.717) is 30.0 Å². The number of rotatable bonds is 1. The molecule has 1 amide bonds. The highest BCUT2D eigenvalue weighted by Gasteiger charge is 2.31. The largest absolute Gasteiger partial charge is 0.348 e. The molecule has 0 bridgehead atoms. The van der Waals surface area contributed by atoms with E-state index in [0.717, 1.165) is 19.3 Å². The molecular weight excluding hydrogens is 391 g/mol. The summed E-state index contributed by atoms with van der Waals surface area (Å²) in [4.78, 5) is 13.0. The van der Waals surface area contributed by atoms with Crippen LogP contribution in [0.1, 0.15) is 39.0 Å². The minimum atomic E-state index is -2.93. The van der Waals surface area contributed by atoms with Crippen LogP contribution >= 0.6 is 22.6 Å². The van der Waals surface area contributed by atoms with E-state index in [9.17, 15) is 13.6 Å². The molecule has 7 heteroatoms. The Labute approximate surface area is 134 Å². The third-order valence-electron chi connectivity index (χ3n) is 3.98. The van der Waals surface area contributed by atoms with Gasteiger partial charge in [0.1, 0.15) is 0 Å². The summed E-state index contributed by atoms with van der Waals surface area (Å²) in [5, 5.41) is 6.20. The summed E-state index contributed by atoms with van der Waals surface area (Å²) in [7, 11) is -2.93. The van der Waals surface area contributed by atoms with E-state index in [-0.39, 0.29) is 21.9 Å². The summed E-state index contributed by atoms with van der Waals surface area (Å²) in [6.07, 6.45) is 4.02. The highest BCUT2D eigenvalue weighted by atomic mass is 127. The molecule has 1 aliphatic carbocycles. The van der Waals surface area contributed by atoms with Crippen LogP contribution in [0.2, 0.25) is 0 Å². The first-order chi connectivity index (χ1) is 9.42. The number of carbonyl (C=O) groups is 1. The molecule has 0 aromatic rings. The lowest BCUT2D eigenvalue weighted by atomic mass is 9.95. The quantitative estimate of drug-likeness (QED) is 0.342. The average molecular weight is 414 g/mol. The number of carbonyl (C=O) groups excluding carboxylic acids is 1. The molecule has 0 aromatic carbocycles. The lowest BCUT2D eigenvalue weighted by Gasteiger charge is -2.31. The topological polar surface area (TPSA) is 78.4 Å². The fraction of sp³-hybridized carbons (Fsp3) is 0.846. The summed E-state index contributed by atoms with van der Waals surface area (Å²) in [6.45, 7) is 2.60. The predicted molar refractivity (Wildman–Crippen MR) is 90.9 cm³/mol. The molecule has 0 radical (unpaired) electrons. The molecule has 0 spiro atoms. The fourth-order valence-corrected chi connectivity index (χ4v) is 5.36. The zero-order valence-corrected chi connectivity index (χ0v) is 14.7. The number of halogens is 1. The zero-order valence-electron chi connectivity index (χ0n) is 11.7. The van der Waals surface area contributed by atoms with Crippen molar-refractivity contribution >= 4 is 43.2 Å². The van der Waals surface area contributed by atoms with Gasteiger partial charge in [0, 0.05) is 14.5 Å². The molecule has 1 fully saturated rings. The van der Waals surface area contributed by atoms with Crippen molar-refractivity contribution in [2.75, 3.05) is 12.3 Å². The Morgan fingerprint density at radius 2 is 2.15 bits per heavy atom. The highest BCUT2D eigenvalue weighted by molar-refractivity contribution is 14.1. The summed E-state index contributed by atoms with van der Waals surface area (Å²) in [5.41, 5.74) is 0. The molecule has 3 unspecified atom stereocenters. The van der Waals surface area contributed by atoms with Crippen molar-refractivity contribution in [2.24, 2.45) is 0 Å². The minimum Gasteiger partial charge on any atom is -0.348 e. The van der Waals surface area contributed by atoms with Crippen molar-refractivity contribution < 1.29 is 13.6 Å². The van der Waals surface area contributed by atoms with Gasteiger partial charge in [-0.15, -0.1) is 0 Å². The Balaban J connectivity index is 2.30. The number of hydrogen-bond donors (Lipinski definition) is 3. The fourth-order valence-electron chi connectivity index (χ4n) is 2.90. The molecule has 2 rings (SSSR count). The summed E-state index contributed by atoms with van der Waals surface area (Å²) < 4.78 is 22.9. The van der Waals surface area contributed by atoms with Crippen LogP contribution in [-0.4, -0.2) is 47.8 Å². The van der Waals surface area contributed by atoms with Crippen LogP contribution < -0.4 is 10.6 Å². The Morgan fingerprint density at radius 3 is 2.85 bits per heavy atom. The summed E-state index contributed by atoms with van der Waals surface area (Å²) >= 11 is 2.25. The first-order valence-electron chi connectivity index (χ1n) is 7.20. The van der Waals surface area contributed by atoms with E-state index in [1.807, 2.05) is 6.92 Å². The number of amides is 1. The van der Waals surface area contributed by atoms with Crippen molar-refractivity contribution in [1.82, 2.24) is 10.6 Å². The van der Waals surface area contributed by atoms with Crippen LogP contribution in [0.4, 0.5) is 0 Å². The van der Waals surface area contributed by atoms with Crippen LogP contribution in [0.5, 0.6) is 0 Å². The average Bonchev–Trinajstić information content (AvgIpc) is 2.37. The number of alkyl halides is 1. The van der Waals surface area contributed by atoms with Gasteiger partial charge < -0.3 is 15.2 Å².